The number of anilines is 1. The van der Waals surface area contributed by atoms with Crippen molar-refractivity contribution in [1.29, 1.82) is 0 Å². The first-order chi connectivity index (χ1) is 14.3. The molecule has 1 saturated heterocycles. The van der Waals surface area contributed by atoms with Crippen molar-refractivity contribution >= 4 is 21.6 Å². The zero-order chi connectivity index (χ0) is 21.7. The minimum absolute atomic E-state index is 0.202. The molecule has 0 radical (unpaired) electrons. The summed E-state index contributed by atoms with van der Waals surface area (Å²) in [4.78, 5) is 18.1. The lowest BCUT2D eigenvalue weighted by molar-refractivity contribution is -0.134. The summed E-state index contributed by atoms with van der Waals surface area (Å²) in [5.41, 5.74) is 4.75. The van der Waals surface area contributed by atoms with Gasteiger partial charge in [0.2, 0.25) is 15.9 Å². The van der Waals surface area contributed by atoms with E-state index < -0.39 is 21.8 Å². The predicted molar refractivity (Wildman–Crippen MR) is 116 cm³/mol. The number of piperazine rings is 1. The van der Waals surface area contributed by atoms with Crippen LogP contribution in [0.4, 0.5) is 5.69 Å². The van der Waals surface area contributed by atoms with E-state index in [-0.39, 0.29) is 11.7 Å². The molecular formula is C21H28N4O4S. The van der Waals surface area contributed by atoms with Crippen LogP contribution in [0.2, 0.25) is 0 Å². The number of aromatic nitrogens is 1. The molecule has 162 valence electrons. The first kappa shape index (κ1) is 22.2. The first-order valence-corrected chi connectivity index (χ1v) is 11.6. The summed E-state index contributed by atoms with van der Waals surface area (Å²) in [7, 11) is -3.60. The van der Waals surface area contributed by atoms with Crippen molar-refractivity contribution in [3.63, 3.8) is 0 Å². The summed E-state index contributed by atoms with van der Waals surface area (Å²) < 4.78 is 27.0. The number of hydrogen-bond acceptors (Lipinski definition) is 6. The molecule has 1 aromatic heterocycles. The van der Waals surface area contributed by atoms with Crippen LogP contribution in [0.3, 0.4) is 0 Å². The lowest BCUT2D eigenvalue weighted by atomic mass is 9.97. The Morgan fingerprint density at radius 3 is 2.30 bits per heavy atom. The minimum Gasteiger partial charge on any atom is -0.369 e. The average molecular weight is 433 g/mol. The van der Waals surface area contributed by atoms with Gasteiger partial charge in [-0.15, -0.1) is 0 Å². The number of pyridine rings is 1. The molecule has 0 saturated carbocycles. The van der Waals surface area contributed by atoms with Crippen molar-refractivity contribution in [1.82, 2.24) is 14.8 Å². The smallest absolute Gasteiger partial charge is 0.247 e. The van der Waals surface area contributed by atoms with Crippen LogP contribution in [-0.4, -0.2) is 60.8 Å². The van der Waals surface area contributed by atoms with Gasteiger partial charge >= 0.3 is 0 Å². The quantitative estimate of drug-likeness (QED) is 0.512. The third-order valence-corrected chi connectivity index (χ3v) is 7.43. The van der Waals surface area contributed by atoms with Gasteiger partial charge in [-0.3, -0.25) is 15.0 Å². The molecule has 0 spiro atoms. The van der Waals surface area contributed by atoms with Crippen molar-refractivity contribution in [2.24, 2.45) is 11.8 Å². The maximum absolute atomic E-state index is 12.8. The molecule has 2 N–H and O–H groups in total. The van der Waals surface area contributed by atoms with Gasteiger partial charge in [0.15, 0.2) is 0 Å². The summed E-state index contributed by atoms with van der Waals surface area (Å²) in [6, 6.07) is 12.1. The Morgan fingerprint density at radius 2 is 1.77 bits per heavy atom. The van der Waals surface area contributed by atoms with Crippen LogP contribution in [0.25, 0.3) is 11.1 Å². The van der Waals surface area contributed by atoms with Gasteiger partial charge in [-0.25, -0.2) is 13.9 Å². The Labute approximate surface area is 177 Å². The number of nitrogens with zero attached hydrogens (tertiary/aromatic N) is 3. The fourth-order valence-electron chi connectivity index (χ4n) is 3.61. The Bertz CT molecular complexity index is 941. The van der Waals surface area contributed by atoms with E-state index in [1.54, 1.807) is 25.5 Å². The minimum atomic E-state index is -3.60. The highest BCUT2D eigenvalue weighted by Crippen LogP contribution is 2.24. The van der Waals surface area contributed by atoms with Gasteiger partial charge in [-0.05, 0) is 35.2 Å². The maximum Gasteiger partial charge on any atom is 0.247 e. The molecule has 0 aliphatic carbocycles. The Hall–Kier alpha value is -2.49. The van der Waals surface area contributed by atoms with Gasteiger partial charge in [0.05, 0.1) is 11.7 Å². The molecule has 1 atom stereocenters. The number of sulfonamides is 1. The summed E-state index contributed by atoms with van der Waals surface area (Å²) in [6.07, 6.45) is 3.56. The van der Waals surface area contributed by atoms with Gasteiger partial charge in [-0.1, -0.05) is 32.0 Å². The fourth-order valence-corrected chi connectivity index (χ4v) is 5.53. The molecule has 9 heteroatoms. The number of carbonyl (C=O) groups is 1. The Kier molecular flexibility index (Phi) is 7.06. The van der Waals surface area contributed by atoms with E-state index in [2.05, 4.69) is 9.88 Å². The van der Waals surface area contributed by atoms with E-state index in [0.717, 1.165) is 16.8 Å². The second kappa shape index (κ2) is 9.55. The molecule has 1 aliphatic heterocycles. The fraction of sp³-hybridized carbons (Fsp3) is 0.429. The normalized spacial score (nSPS) is 16.5. The second-order valence-corrected chi connectivity index (χ2v) is 9.79. The molecule has 1 aromatic carbocycles. The second-order valence-electron chi connectivity index (χ2n) is 7.78. The summed E-state index contributed by atoms with van der Waals surface area (Å²) >= 11 is 0. The van der Waals surface area contributed by atoms with Crippen LogP contribution in [0, 0.1) is 11.8 Å². The van der Waals surface area contributed by atoms with Crippen LogP contribution < -0.4 is 10.4 Å². The number of carbonyl (C=O) groups excluding carboxylic acids is 1. The lowest BCUT2D eigenvalue weighted by Gasteiger charge is -2.36. The molecule has 1 unspecified atom stereocenters. The third kappa shape index (κ3) is 5.16. The molecule has 2 aromatic rings. The van der Waals surface area contributed by atoms with Crippen molar-refractivity contribution < 1.29 is 18.4 Å². The van der Waals surface area contributed by atoms with E-state index in [1.165, 1.54) is 4.31 Å². The predicted octanol–water partition coefficient (Wildman–Crippen LogP) is 1.98. The van der Waals surface area contributed by atoms with Crippen LogP contribution in [0.1, 0.15) is 13.8 Å². The summed E-state index contributed by atoms with van der Waals surface area (Å²) in [5, 5.41) is 8.90. The molecular weight excluding hydrogens is 404 g/mol. The van der Waals surface area contributed by atoms with E-state index >= 15 is 0 Å². The topological polar surface area (TPSA) is 103 Å². The standard InChI is InChI=1S/C21H28N4O4S/c1-16(2)20(21(26)23-27)15-30(28,29)25-12-10-24(11-13-25)19-7-5-17(6-8-19)18-4-3-9-22-14-18/h3-9,14,16,20,27H,10-13,15H2,1-2H3,(H,23,26). The van der Waals surface area contributed by atoms with E-state index in [9.17, 15) is 13.2 Å². The van der Waals surface area contributed by atoms with Crippen LogP contribution in [0.5, 0.6) is 0 Å². The zero-order valence-electron chi connectivity index (χ0n) is 17.2. The van der Waals surface area contributed by atoms with Gasteiger partial charge in [-0.2, -0.15) is 4.31 Å². The van der Waals surface area contributed by atoms with E-state index in [4.69, 9.17) is 5.21 Å². The molecule has 0 bridgehead atoms. The number of hydroxylamine groups is 1. The van der Waals surface area contributed by atoms with Crippen molar-refractivity contribution in [2.45, 2.75) is 13.8 Å². The molecule has 3 rings (SSSR count). The first-order valence-electron chi connectivity index (χ1n) is 9.99. The van der Waals surface area contributed by atoms with Gasteiger partial charge in [0, 0.05) is 44.3 Å². The van der Waals surface area contributed by atoms with Crippen LogP contribution in [-0.2, 0) is 14.8 Å². The summed E-state index contributed by atoms with van der Waals surface area (Å²) in [5.74, 6) is -1.97. The summed E-state index contributed by atoms with van der Waals surface area (Å²) in [6.45, 7) is 5.40. The highest BCUT2D eigenvalue weighted by atomic mass is 32.2. The van der Waals surface area contributed by atoms with E-state index in [1.807, 2.05) is 42.6 Å². The number of hydrogen-bond donors (Lipinski definition) is 2. The third-order valence-electron chi connectivity index (χ3n) is 5.50. The highest BCUT2D eigenvalue weighted by molar-refractivity contribution is 7.89. The Morgan fingerprint density at radius 1 is 1.10 bits per heavy atom. The van der Waals surface area contributed by atoms with Crippen molar-refractivity contribution in [3.05, 3.63) is 48.8 Å². The molecule has 30 heavy (non-hydrogen) atoms. The Balaban J connectivity index is 1.62. The average Bonchev–Trinajstić information content (AvgIpc) is 2.77. The van der Waals surface area contributed by atoms with Crippen LogP contribution in [0.15, 0.2) is 48.8 Å². The molecule has 8 nitrogen and oxygen atoms in total. The zero-order valence-corrected chi connectivity index (χ0v) is 18.0. The molecule has 1 fully saturated rings. The van der Waals surface area contributed by atoms with Gasteiger partial charge < -0.3 is 4.90 Å². The SMILES string of the molecule is CC(C)C(CS(=O)(=O)N1CCN(c2ccc(-c3cccnc3)cc2)CC1)C(=O)NO. The van der Waals surface area contributed by atoms with Crippen molar-refractivity contribution in [2.75, 3.05) is 36.8 Å². The number of benzene rings is 1. The van der Waals surface area contributed by atoms with Gasteiger partial charge in [0.1, 0.15) is 0 Å². The van der Waals surface area contributed by atoms with Crippen LogP contribution >= 0.6 is 0 Å². The monoisotopic (exact) mass is 432 g/mol. The van der Waals surface area contributed by atoms with Gasteiger partial charge in [0.25, 0.3) is 0 Å². The molecule has 1 aliphatic rings. The van der Waals surface area contributed by atoms with E-state index in [0.29, 0.717) is 26.2 Å². The number of amides is 1. The lowest BCUT2D eigenvalue weighted by Crippen LogP contribution is -2.51. The largest absolute Gasteiger partial charge is 0.369 e. The molecule has 2 heterocycles. The maximum atomic E-state index is 12.8. The molecule has 1 amide bonds. The number of rotatable bonds is 7. The number of nitrogens with one attached hydrogen (secondary N) is 1. The highest BCUT2D eigenvalue weighted by Gasteiger charge is 2.33. The van der Waals surface area contributed by atoms with Crippen molar-refractivity contribution in [3.8, 4) is 11.1 Å².